The summed E-state index contributed by atoms with van der Waals surface area (Å²) in [6, 6.07) is 6.12. The van der Waals surface area contributed by atoms with Crippen LogP contribution in [0.3, 0.4) is 0 Å². The van der Waals surface area contributed by atoms with Crippen molar-refractivity contribution in [3.8, 4) is 0 Å². The summed E-state index contributed by atoms with van der Waals surface area (Å²) in [5.74, 6) is 0. The van der Waals surface area contributed by atoms with E-state index in [4.69, 9.17) is 11.6 Å². The fraction of sp³-hybridized carbons (Fsp3) is 0.333. The summed E-state index contributed by atoms with van der Waals surface area (Å²) in [6.45, 7) is 0. The maximum Gasteiger partial charge on any atom is 0.0690 e. The maximum atomic E-state index is 9.82. The Kier molecular flexibility index (Phi) is 1.85. The van der Waals surface area contributed by atoms with E-state index in [0.29, 0.717) is 0 Å². The average molecular weight is 222 g/mol. The van der Waals surface area contributed by atoms with E-state index < -0.39 is 5.60 Å². The molecule has 78 valence electrons. The lowest BCUT2D eigenvalue weighted by Gasteiger charge is -2.07. The Balaban J connectivity index is 1.99. The topological polar surface area (TPSA) is 36.0 Å². The predicted molar refractivity (Wildman–Crippen MR) is 61.2 cm³/mol. The van der Waals surface area contributed by atoms with Gasteiger partial charge in [-0.2, -0.15) is 0 Å². The van der Waals surface area contributed by atoms with Crippen LogP contribution >= 0.6 is 11.6 Å². The van der Waals surface area contributed by atoms with E-state index in [1.54, 1.807) is 6.20 Å². The molecule has 0 amide bonds. The van der Waals surface area contributed by atoms with Crippen molar-refractivity contribution in [2.24, 2.45) is 0 Å². The molecular weight excluding hydrogens is 210 g/mol. The first-order valence-corrected chi connectivity index (χ1v) is 5.52. The first-order chi connectivity index (χ1) is 7.16. The zero-order valence-electron chi connectivity index (χ0n) is 8.26. The molecule has 0 saturated heterocycles. The van der Waals surface area contributed by atoms with Gasteiger partial charge >= 0.3 is 0 Å². The Labute approximate surface area is 92.9 Å². The van der Waals surface area contributed by atoms with Gasteiger partial charge in [-0.15, -0.1) is 0 Å². The summed E-state index contributed by atoms with van der Waals surface area (Å²) in [7, 11) is 0. The second kappa shape index (κ2) is 3.00. The minimum absolute atomic E-state index is 0.427. The molecule has 2 N–H and O–H groups in total. The zero-order valence-corrected chi connectivity index (χ0v) is 9.01. The van der Waals surface area contributed by atoms with Gasteiger partial charge in [-0.05, 0) is 24.5 Å². The summed E-state index contributed by atoms with van der Waals surface area (Å²) in [5.41, 5.74) is 1.78. The molecule has 15 heavy (non-hydrogen) atoms. The number of halogens is 1. The van der Waals surface area contributed by atoms with Gasteiger partial charge in [0, 0.05) is 23.5 Å². The lowest BCUT2D eigenvalue weighted by atomic mass is 10.1. The summed E-state index contributed by atoms with van der Waals surface area (Å²) in [4.78, 5) is 3.12. The van der Waals surface area contributed by atoms with Crippen molar-refractivity contribution in [1.82, 2.24) is 4.98 Å². The Bertz CT molecular complexity index is 513. The van der Waals surface area contributed by atoms with Gasteiger partial charge in [0.15, 0.2) is 0 Å². The summed E-state index contributed by atoms with van der Waals surface area (Å²) < 4.78 is 0. The van der Waals surface area contributed by atoms with Crippen LogP contribution in [0.1, 0.15) is 18.4 Å². The molecule has 2 nitrogen and oxygen atoms in total. The zero-order chi connectivity index (χ0) is 10.5. The highest BCUT2D eigenvalue weighted by molar-refractivity contribution is 6.35. The third kappa shape index (κ3) is 1.64. The molecule has 1 aliphatic rings. The lowest BCUT2D eigenvalue weighted by Crippen LogP contribution is -2.10. The first kappa shape index (κ1) is 9.25. The second-order valence-electron chi connectivity index (χ2n) is 4.42. The maximum absolute atomic E-state index is 9.82. The van der Waals surface area contributed by atoms with Gasteiger partial charge in [0.25, 0.3) is 0 Å². The van der Waals surface area contributed by atoms with Crippen LogP contribution in [0.15, 0.2) is 24.4 Å². The van der Waals surface area contributed by atoms with E-state index in [1.165, 1.54) is 5.56 Å². The molecule has 1 aromatic heterocycles. The summed E-state index contributed by atoms with van der Waals surface area (Å²) >= 11 is 5.99. The Hall–Kier alpha value is -0.990. The van der Waals surface area contributed by atoms with Crippen molar-refractivity contribution in [3.63, 3.8) is 0 Å². The van der Waals surface area contributed by atoms with Gasteiger partial charge < -0.3 is 10.1 Å². The van der Waals surface area contributed by atoms with E-state index in [2.05, 4.69) is 11.1 Å². The molecule has 2 aromatic rings. The third-order valence-electron chi connectivity index (χ3n) is 3.06. The van der Waals surface area contributed by atoms with Crippen molar-refractivity contribution in [2.45, 2.75) is 24.9 Å². The fourth-order valence-electron chi connectivity index (χ4n) is 1.95. The smallest absolute Gasteiger partial charge is 0.0690 e. The van der Waals surface area contributed by atoms with E-state index >= 15 is 0 Å². The fourth-order valence-corrected chi connectivity index (χ4v) is 2.17. The molecule has 1 aromatic carbocycles. The number of hydrogen-bond acceptors (Lipinski definition) is 1. The van der Waals surface area contributed by atoms with E-state index in [1.807, 2.05) is 12.1 Å². The standard InChI is InChI=1S/C12H12ClNO/c13-10-7-14-11-5-8(1-2-9(10)11)6-12(15)3-4-12/h1-2,5,7,14-15H,3-4,6H2. The van der Waals surface area contributed by atoms with Gasteiger partial charge in [-0.1, -0.05) is 23.7 Å². The van der Waals surface area contributed by atoms with Gasteiger partial charge in [-0.25, -0.2) is 0 Å². The number of nitrogens with one attached hydrogen (secondary N) is 1. The molecule has 0 radical (unpaired) electrons. The van der Waals surface area contributed by atoms with Crippen molar-refractivity contribution >= 4 is 22.5 Å². The van der Waals surface area contributed by atoms with Crippen LogP contribution in [-0.4, -0.2) is 15.7 Å². The number of aromatic nitrogens is 1. The molecule has 0 atom stereocenters. The summed E-state index contributed by atoms with van der Waals surface area (Å²) in [6.07, 6.45) is 4.40. The van der Waals surface area contributed by atoms with Crippen LogP contribution < -0.4 is 0 Å². The molecule has 1 heterocycles. The Morgan fingerprint density at radius 3 is 2.93 bits per heavy atom. The number of fused-ring (bicyclic) bond motifs is 1. The van der Waals surface area contributed by atoms with Crippen LogP contribution in [0, 0.1) is 0 Å². The molecule has 3 heteroatoms. The normalized spacial score (nSPS) is 18.3. The number of H-pyrrole nitrogens is 1. The highest BCUT2D eigenvalue weighted by Crippen LogP contribution is 2.38. The summed E-state index contributed by atoms with van der Waals surface area (Å²) in [5, 5.41) is 11.6. The lowest BCUT2D eigenvalue weighted by molar-refractivity contribution is 0.151. The van der Waals surface area contributed by atoms with E-state index in [0.717, 1.165) is 35.2 Å². The van der Waals surface area contributed by atoms with Gasteiger partial charge in [-0.3, -0.25) is 0 Å². The minimum Gasteiger partial charge on any atom is -0.390 e. The second-order valence-corrected chi connectivity index (χ2v) is 4.82. The Morgan fingerprint density at radius 1 is 1.40 bits per heavy atom. The van der Waals surface area contributed by atoms with Gasteiger partial charge in [0.2, 0.25) is 0 Å². The van der Waals surface area contributed by atoms with Crippen molar-refractivity contribution in [2.75, 3.05) is 0 Å². The molecule has 0 unspecified atom stereocenters. The molecule has 0 bridgehead atoms. The van der Waals surface area contributed by atoms with Gasteiger partial charge in [0.05, 0.1) is 10.6 Å². The third-order valence-corrected chi connectivity index (χ3v) is 3.37. The van der Waals surface area contributed by atoms with Crippen molar-refractivity contribution in [3.05, 3.63) is 35.0 Å². The van der Waals surface area contributed by atoms with Crippen LogP contribution in [0.25, 0.3) is 10.9 Å². The number of aromatic amines is 1. The predicted octanol–water partition coefficient (Wildman–Crippen LogP) is 2.89. The molecule has 1 fully saturated rings. The number of rotatable bonds is 2. The quantitative estimate of drug-likeness (QED) is 0.804. The molecule has 0 spiro atoms. The van der Waals surface area contributed by atoms with Crippen LogP contribution in [0.4, 0.5) is 0 Å². The van der Waals surface area contributed by atoms with E-state index in [-0.39, 0.29) is 0 Å². The Morgan fingerprint density at radius 2 is 2.20 bits per heavy atom. The molecule has 1 aliphatic carbocycles. The monoisotopic (exact) mass is 221 g/mol. The van der Waals surface area contributed by atoms with Crippen molar-refractivity contribution in [1.29, 1.82) is 0 Å². The van der Waals surface area contributed by atoms with E-state index in [9.17, 15) is 5.11 Å². The first-order valence-electron chi connectivity index (χ1n) is 5.14. The highest BCUT2D eigenvalue weighted by atomic mass is 35.5. The highest BCUT2D eigenvalue weighted by Gasteiger charge is 2.40. The number of hydrogen-bond donors (Lipinski definition) is 2. The average Bonchev–Trinajstić information content (AvgIpc) is 2.81. The van der Waals surface area contributed by atoms with Crippen LogP contribution in [-0.2, 0) is 6.42 Å². The van der Waals surface area contributed by atoms with Crippen molar-refractivity contribution < 1.29 is 5.11 Å². The number of benzene rings is 1. The molecule has 1 saturated carbocycles. The SMILES string of the molecule is OC1(Cc2ccc3c(Cl)c[nH]c3c2)CC1. The molecule has 0 aliphatic heterocycles. The largest absolute Gasteiger partial charge is 0.390 e. The van der Waals surface area contributed by atoms with Crippen LogP contribution in [0.5, 0.6) is 0 Å². The van der Waals surface area contributed by atoms with Crippen LogP contribution in [0.2, 0.25) is 5.02 Å². The molecular formula is C12H12ClNO. The number of aliphatic hydroxyl groups is 1. The minimum atomic E-state index is -0.427. The molecule has 3 rings (SSSR count). The van der Waals surface area contributed by atoms with Gasteiger partial charge in [0.1, 0.15) is 0 Å².